The highest BCUT2D eigenvalue weighted by Gasteiger charge is 2.39. The number of primary amides is 1. The van der Waals surface area contributed by atoms with Gasteiger partial charge in [0.2, 0.25) is 11.8 Å². The third kappa shape index (κ3) is 5.54. The van der Waals surface area contributed by atoms with Crippen LogP contribution in [0, 0.1) is 0 Å². The number of nitrogens with one attached hydrogen (secondary N) is 1. The molecule has 5 N–H and O–H groups in total. The van der Waals surface area contributed by atoms with E-state index in [4.69, 9.17) is 20.3 Å². The number of nitrogens with two attached hydrogens (primary N) is 1. The van der Waals surface area contributed by atoms with Gasteiger partial charge in [0.15, 0.2) is 0 Å². The molecule has 7 heteroatoms. The number of hydrogen-bond acceptors (Lipinski definition) is 4. The standard InChI is InChI=1S/C12H22N2O5/c1-4-7-8(19-12(2,3)17)5-11(18-7)14-10(16)6-9(13)15/h7-8,11,17H,4-6H2,1-3H3,(H2,13,15)(H,14,16)/p+1/t7-,8+,11-/m1/s1. The highest BCUT2D eigenvalue weighted by atomic mass is 16.6. The molecule has 3 atom stereocenters. The molecule has 0 saturated carbocycles. The lowest BCUT2D eigenvalue weighted by molar-refractivity contribution is -0.214. The molecular formula is C12H23N2O5+. The topological polar surface area (TPSA) is 114 Å². The number of carbonyl (C=O) groups is 2. The van der Waals surface area contributed by atoms with E-state index in [1.54, 1.807) is 13.8 Å². The maximum Gasteiger partial charge on any atom is 0.267 e. The molecule has 0 spiro atoms. The maximum absolute atomic E-state index is 11.4. The van der Waals surface area contributed by atoms with E-state index in [1.165, 1.54) is 0 Å². The minimum atomic E-state index is -1.01. The fourth-order valence-electron chi connectivity index (χ4n) is 2.06. The first-order chi connectivity index (χ1) is 8.71. The zero-order valence-corrected chi connectivity index (χ0v) is 11.6. The van der Waals surface area contributed by atoms with Crippen LogP contribution in [-0.2, 0) is 19.1 Å². The van der Waals surface area contributed by atoms with Crippen LogP contribution in [0.25, 0.3) is 0 Å². The van der Waals surface area contributed by atoms with Crippen LogP contribution in [0.15, 0.2) is 0 Å². The molecule has 0 aromatic carbocycles. The predicted molar refractivity (Wildman–Crippen MR) is 68.1 cm³/mol. The molecule has 19 heavy (non-hydrogen) atoms. The summed E-state index contributed by atoms with van der Waals surface area (Å²) >= 11 is 0. The van der Waals surface area contributed by atoms with Crippen molar-refractivity contribution in [2.24, 2.45) is 5.73 Å². The van der Waals surface area contributed by atoms with Gasteiger partial charge in [-0.3, -0.25) is 9.59 Å². The van der Waals surface area contributed by atoms with Gasteiger partial charge in [-0.2, -0.15) is 0 Å². The minimum Gasteiger partial charge on any atom is -0.420 e. The van der Waals surface area contributed by atoms with Crippen LogP contribution >= 0.6 is 0 Å². The second kappa shape index (κ2) is 6.31. The molecule has 1 rings (SSSR count). The SMILES string of the molecule is CC[C@H]1O[C@@H](NC(=O)CC(N)=O)C[C@@H]1OC(C)(C)[OH2+]. The Morgan fingerprint density at radius 2 is 2.16 bits per heavy atom. The first-order valence-electron chi connectivity index (χ1n) is 6.37. The van der Waals surface area contributed by atoms with Crippen molar-refractivity contribution in [2.75, 3.05) is 0 Å². The second-order valence-electron chi connectivity index (χ2n) is 5.18. The van der Waals surface area contributed by atoms with Gasteiger partial charge < -0.3 is 25.6 Å². The first-order valence-corrected chi connectivity index (χ1v) is 6.37. The van der Waals surface area contributed by atoms with E-state index < -0.39 is 23.8 Å². The Morgan fingerprint density at radius 3 is 2.63 bits per heavy atom. The Labute approximate surface area is 112 Å². The van der Waals surface area contributed by atoms with Gasteiger partial charge in [0.1, 0.15) is 12.6 Å². The van der Waals surface area contributed by atoms with Crippen LogP contribution < -0.4 is 11.1 Å². The molecule has 110 valence electrons. The van der Waals surface area contributed by atoms with Gasteiger partial charge in [-0.15, -0.1) is 0 Å². The van der Waals surface area contributed by atoms with Crippen molar-refractivity contribution in [1.29, 1.82) is 0 Å². The number of carbonyl (C=O) groups excluding carboxylic acids is 2. The molecule has 0 radical (unpaired) electrons. The summed E-state index contributed by atoms with van der Waals surface area (Å²) in [5.74, 6) is -2.14. The van der Waals surface area contributed by atoms with E-state index in [0.717, 1.165) is 6.42 Å². The summed E-state index contributed by atoms with van der Waals surface area (Å²) in [6, 6.07) is 0. The molecular weight excluding hydrogens is 252 g/mol. The molecule has 1 fully saturated rings. The van der Waals surface area contributed by atoms with E-state index in [-0.39, 0.29) is 18.6 Å². The summed E-state index contributed by atoms with van der Waals surface area (Å²) < 4.78 is 11.2. The lowest BCUT2D eigenvalue weighted by atomic mass is 10.1. The Bertz CT molecular complexity index is 340. The number of hydrogen-bond donors (Lipinski definition) is 2. The Morgan fingerprint density at radius 1 is 1.53 bits per heavy atom. The van der Waals surface area contributed by atoms with Gasteiger partial charge in [0, 0.05) is 20.3 Å². The third-order valence-electron chi connectivity index (χ3n) is 2.71. The molecule has 0 aromatic rings. The summed E-state index contributed by atoms with van der Waals surface area (Å²) in [6.45, 7) is 5.25. The van der Waals surface area contributed by atoms with Crippen LogP contribution in [-0.4, -0.2) is 41.1 Å². The van der Waals surface area contributed by atoms with Crippen LogP contribution in [0.3, 0.4) is 0 Å². The van der Waals surface area contributed by atoms with Crippen LogP contribution in [0.5, 0.6) is 0 Å². The molecule has 0 bridgehead atoms. The van der Waals surface area contributed by atoms with Gasteiger partial charge in [0.05, 0.1) is 12.2 Å². The summed E-state index contributed by atoms with van der Waals surface area (Å²) in [7, 11) is 0. The molecule has 1 heterocycles. The summed E-state index contributed by atoms with van der Waals surface area (Å²) in [5.41, 5.74) is 4.94. The average Bonchev–Trinajstić information content (AvgIpc) is 2.55. The van der Waals surface area contributed by atoms with E-state index in [9.17, 15) is 9.59 Å². The number of rotatable bonds is 6. The third-order valence-corrected chi connectivity index (χ3v) is 2.71. The summed E-state index contributed by atoms with van der Waals surface area (Å²) in [4.78, 5) is 22.1. The quantitative estimate of drug-likeness (QED) is 0.381. The van der Waals surface area contributed by atoms with Gasteiger partial charge in [0.25, 0.3) is 5.79 Å². The molecule has 1 aliphatic rings. The lowest BCUT2D eigenvalue weighted by Gasteiger charge is -2.22. The van der Waals surface area contributed by atoms with Gasteiger partial charge in [-0.1, -0.05) is 6.92 Å². The molecule has 0 aliphatic carbocycles. The van der Waals surface area contributed by atoms with Crippen molar-refractivity contribution in [3.8, 4) is 0 Å². The fraction of sp³-hybridized carbons (Fsp3) is 0.833. The number of ether oxygens (including phenoxy) is 2. The molecule has 1 saturated heterocycles. The lowest BCUT2D eigenvalue weighted by Crippen LogP contribution is -2.37. The number of amides is 2. The first kappa shape index (κ1) is 15.9. The largest absolute Gasteiger partial charge is 0.420 e. The van der Waals surface area contributed by atoms with E-state index in [0.29, 0.717) is 6.42 Å². The molecule has 0 aromatic heterocycles. The van der Waals surface area contributed by atoms with E-state index in [2.05, 4.69) is 5.32 Å². The average molecular weight is 275 g/mol. The molecule has 7 nitrogen and oxygen atoms in total. The zero-order valence-electron chi connectivity index (χ0n) is 11.6. The van der Waals surface area contributed by atoms with Gasteiger partial charge in [-0.05, 0) is 6.42 Å². The normalized spacial score (nSPS) is 27.3. The van der Waals surface area contributed by atoms with Crippen molar-refractivity contribution in [1.82, 2.24) is 5.32 Å². The Hall–Kier alpha value is -1.18. The monoisotopic (exact) mass is 275 g/mol. The van der Waals surface area contributed by atoms with E-state index in [1.807, 2.05) is 6.92 Å². The molecule has 2 amide bonds. The zero-order chi connectivity index (χ0) is 14.6. The summed E-state index contributed by atoms with van der Waals surface area (Å²) in [5, 5.41) is 10.3. The van der Waals surface area contributed by atoms with Crippen molar-refractivity contribution >= 4 is 11.8 Å². The predicted octanol–water partition coefficient (Wildman–Crippen LogP) is -0.651. The van der Waals surface area contributed by atoms with Crippen LogP contribution in [0.1, 0.15) is 40.0 Å². The fourth-order valence-corrected chi connectivity index (χ4v) is 2.06. The second-order valence-corrected chi connectivity index (χ2v) is 5.18. The van der Waals surface area contributed by atoms with Gasteiger partial charge >= 0.3 is 0 Å². The van der Waals surface area contributed by atoms with Crippen molar-refractivity contribution < 1.29 is 24.2 Å². The van der Waals surface area contributed by atoms with Crippen molar-refractivity contribution in [2.45, 2.75) is 64.3 Å². The van der Waals surface area contributed by atoms with Crippen molar-refractivity contribution in [3.63, 3.8) is 0 Å². The van der Waals surface area contributed by atoms with Crippen LogP contribution in [0.4, 0.5) is 0 Å². The maximum atomic E-state index is 11.4. The Balaban J connectivity index is 2.52. The van der Waals surface area contributed by atoms with Crippen molar-refractivity contribution in [3.05, 3.63) is 0 Å². The molecule has 1 aliphatic heterocycles. The van der Waals surface area contributed by atoms with E-state index >= 15 is 0 Å². The highest BCUT2D eigenvalue weighted by molar-refractivity contribution is 5.96. The Kier molecular flexibility index (Phi) is 5.28. The summed E-state index contributed by atoms with van der Waals surface area (Å²) in [6.07, 6.45) is -0.0653. The van der Waals surface area contributed by atoms with Gasteiger partial charge in [-0.25, -0.2) is 0 Å². The molecule has 0 unspecified atom stereocenters. The smallest absolute Gasteiger partial charge is 0.267 e. The highest BCUT2D eigenvalue weighted by Crippen LogP contribution is 2.27. The minimum absolute atomic E-state index is 0.163. The van der Waals surface area contributed by atoms with Crippen LogP contribution in [0.2, 0.25) is 0 Å².